The summed E-state index contributed by atoms with van der Waals surface area (Å²) in [5, 5.41) is 7.39. The number of methoxy groups -OCH3 is 1. The highest BCUT2D eigenvalue weighted by molar-refractivity contribution is 6.33. The number of carbonyl (C=O) groups excluding carboxylic acids is 1. The molecule has 0 saturated carbocycles. The average molecular weight is 571 g/mol. The van der Waals surface area contributed by atoms with E-state index in [9.17, 15) is 9.18 Å². The molecule has 5 nitrogen and oxygen atoms in total. The van der Waals surface area contributed by atoms with Gasteiger partial charge in [-0.25, -0.2) is 9.18 Å². The second-order valence-corrected chi connectivity index (χ2v) is 11.1. The molecule has 0 amide bonds. The molecule has 1 aliphatic heterocycles. The van der Waals surface area contributed by atoms with E-state index in [1.165, 1.54) is 12.1 Å². The third-order valence-corrected chi connectivity index (χ3v) is 7.49. The van der Waals surface area contributed by atoms with Crippen LogP contribution in [0.15, 0.2) is 78.9 Å². The molecule has 0 bridgehead atoms. The van der Waals surface area contributed by atoms with Gasteiger partial charge in [0.05, 0.1) is 23.2 Å². The number of benzene rings is 4. The molecule has 0 saturated heterocycles. The number of ether oxygens (including phenoxy) is 2. The van der Waals surface area contributed by atoms with E-state index in [1.54, 1.807) is 49.6 Å². The van der Waals surface area contributed by atoms with Crippen molar-refractivity contribution >= 4 is 34.5 Å². The van der Waals surface area contributed by atoms with Crippen LogP contribution in [0.4, 0.5) is 15.8 Å². The Morgan fingerprint density at radius 2 is 1.76 bits per heavy atom. The van der Waals surface area contributed by atoms with Gasteiger partial charge in [0.25, 0.3) is 0 Å². The van der Waals surface area contributed by atoms with Crippen molar-refractivity contribution in [3.05, 3.63) is 112 Å². The Kier molecular flexibility index (Phi) is 7.78. The quantitative estimate of drug-likeness (QED) is 0.172. The molecule has 1 aliphatic rings. The standard InChI is InChI=1S/C34H32ClFN2O3/c1-20-10-11-22(36)16-30(20)37-19-27-24(14-15-29-32(27)21(2)18-34(3,4)38-29)25-13-12-23(17-31(25)40-5)41-33(39)26-8-6-7-9-28(26)35/h6-18,37-38H,19H2,1-5H3. The fraction of sp³-hybridized carbons (Fsp3) is 0.206. The van der Waals surface area contributed by atoms with Gasteiger partial charge in [0, 0.05) is 35.1 Å². The first-order valence-corrected chi connectivity index (χ1v) is 13.7. The van der Waals surface area contributed by atoms with E-state index in [0.717, 1.165) is 44.8 Å². The summed E-state index contributed by atoms with van der Waals surface area (Å²) in [5.74, 6) is 0.0341. The highest BCUT2D eigenvalue weighted by Crippen LogP contribution is 2.43. The molecule has 4 aromatic carbocycles. The maximum Gasteiger partial charge on any atom is 0.345 e. The molecule has 7 heteroatoms. The van der Waals surface area contributed by atoms with Gasteiger partial charge < -0.3 is 20.1 Å². The van der Waals surface area contributed by atoms with Crippen molar-refractivity contribution in [3.8, 4) is 22.6 Å². The van der Waals surface area contributed by atoms with Gasteiger partial charge in [-0.3, -0.25) is 0 Å². The summed E-state index contributed by atoms with van der Waals surface area (Å²) >= 11 is 6.18. The van der Waals surface area contributed by atoms with Gasteiger partial charge in [0.2, 0.25) is 0 Å². The van der Waals surface area contributed by atoms with Crippen molar-refractivity contribution in [2.45, 2.75) is 39.8 Å². The van der Waals surface area contributed by atoms with Crippen molar-refractivity contribution in [2.75, 3.05) is 17.7 Å². The predicted molar refractivity (Wildman–Crippen MR) is 165 cm³/mol. The first-order chi connectivity index (χ1) is 19.6. The van der Waals surface area contributed by atoms with Crippen molar-refractivity contribution < 1.29 is 18.7 Å². The number of hydrogen-bond donors (Lipinski definition) is 2. The van der Waals surface area contributed by atoms with Crippen LogP contribution in [0.1, 0.15) is 47.8 Å². The highest BCUT2D eigenvalue weighted by Gasteiger charge is 2.27. The number of halogens is 2. The van der Waals surface area contributed by atoms with Gasteiger partial charge in [0.1, 0.15) is 17.3 Å². The molecule has 1 heterocycles. The van der Waals surface area contributed by atoms with Gasteiger partial charge >= 0.3 is 5.97 Å². The Morgan fingerprint density at radius 3 is 2.51 bits per heavy atom. The number of aryl methyl sites for hydroxylation is 1. The Morgan fingerprint density at radius 1 is 1.00 bits per heavy atom. The maximum atomic E-state index is 14.1. The minimum Gasteiger partial charge on any atom is -0.496 e. The molecule has 2 N–H and O–H groups in total. The largest absolute Gasteiger partial charge is 0.496 e. The fourth-order valence-electron chi connectivity index (χ4n) is 5.35. The third kappa shape index (κ3) is 5.93. The molecule has 0 spiro atoms. The summed E-state index contributed by atoms with van der Waals surface area (Å²) in [6, 6.07) is 20.9. The van der Waals surface area contributed by atoms with Gasteiger partial charge in [0.15, 0.2) is 0 Å². The number of fused-ring (bicyclic) bond motifs is 1. The molecule has 210 valence electrons. The molecule has 5 rings (SSSR count). The lowest BCUT2D eigenvalue weighted by Crippen LogP contribution is -2.32. The van der Waals surface area contributed by atoms with Crippen LogP contribution in [-0.4, -0.2) is 18.6 Å². The van der Waals surface area contributed by atoms with Crippen molar-refractivity contribution in [1.29, 1.82) is 0 Å². The molecule has 0 atom stereocenters. The summed E-state index contributed by atoms with van der Waals surface area (Å²) in [6.45, 7) is 8.77. The zero-order chi connectivity index (χ0) is 29.3. The highest BCUT2D eigenvalue weighted by atomic mass is 35.5. The topological polar surface area (TPSA) is 59.6 Å². The summed E-state index contributed by atoms with van der Waals surface area (Å²) < 4.78 is 25.5. The molecule has 0 fully saturated rings. The lowest BCUT2D eigenvalue weighted by Gasteiger charge is -2.33. The summed E-state index contributed by atoms with van der Waals surface area (Å²) in [6.07, 6.45) is 2.21. The number of carbonyl (C=O) groups is 1. The van der Waals surface area contributed by atoms with Crippen LogP contribution in [-0.2, 0) is 6.54 Å². The second-order valence-electron chi connectivity index (χ2n) is 10.7. The number of esters is 1. The Hall–Kier alpha value is -4.29. The van der Waals surface area contributed by atoms with E-state index in [1.807, 2.05) is 13.0 Å². The molecule has 0 radical (unpaired) electrons. The van der Waals surface area contributed by atoms with E-state index < -0.39 is 5.97 Å². The number of anilines is 2. The number of hydrogen-bond acceptors (Lipinski definition) is 5. The lowest BCUT2D eigenvalue weighted by atomic mass is 9.85. The molecule has 0 aliphatic carbocycles. The van der Waals surface area contributed by atoms with Crippen LogP contribution in [0.3, 0.4) is 0 Å². The van der Waals surface area contributed by atoms with E-state index in [4.69, 9.17) is 21.1 Å². The van der Waals surface area contributed by atoms with Gasteiger partial charge in [-0.15, -0.1) is 0 Å². The van der Waals surface area contributed by atoms with Gasteiger partial charge in [-0.05, 0) is 92.4 Å². The van der Waals surface area contributed by atoms with Crippen LogP contribution in [0.5, 0.6) is 11.5 Å². The van der Waals surface area contributed by atoms with E-state index >= 15 is 0 Å². The Balaban J connectivity index is 1.56. The van der Waals surface area contributed by atoms with Crippen LogP contribution >= 0.6 is 11.6 Å². The van der Waals surface area contributed by atoms with E-state index in [2.05, 4.69) is 49.6 Å². The predicted octanol–water partition coefficient (Wildman–Crippen LogP) is 8.90. The zero-order valence-corrected chi connectivity index (χ0v) is 24.4. The van der Waals surface area contributed by atoms with Crippen molar-refractivity contribution in [2.24, 2.45) is 0 Å². The maximum absolute atomic E-state index is 14.1. The van der Waals surface area contributed by atoms with Gasteiger partial charge in [-0.2, -0.15) is 0 Å². The minimum atomic E-state index is -0.552. The Labute approximate surface area is 245 Å². The van der Waals surface area contributed by atoms with Crippen molar-refractivity contribution in [1.82, 2.24) is 0 Å². The first-order valence-electron chi connectivity index (χ1n) is 13.4. The second kappa shape index (κ2) is 11.3. The smallest absolute Gasteiger partial charge is 0.345 e. The minimum absolute atomic E-state index is 0.201. The third-order valence-electron chi connectivity index (χ3n) is 7.16. The van der Waals surface area contributed by atoms with E-state index in [-0.39, 0.29) is 16.9 Å². The van der Waals surface area contributed by atoms with Crippen LogP contribution in [0.2, 0.25) is 5.02 Å². The van der Waals surface area contributed by atoms with Gasteiger partial charge in [-0.1, -0.05) is 41.9 Å². The lowest BCUT2D eigenvalue weighted by molar-refractivity contribution is 0.0734. The number of allylic oxidation sites excluding steroid dienone is 1. The molecule has 0 aromatic heterocycles. The number of rotatable bonds is 7. The zero-order valence-electron chi connectivity index (χ0n) is 23.7. The molecular formula is C34H32ClFN2O3. The molecule has 4 aromatic rings. The normalized spacial score (nSPS) is 13.5. The fourth-order valence-corrected chi connectivity index (χ4v) is 5.56. The van der Waals surface area contributed by atoms with Crippen LogP contribution in [0.25, 0.3) is 16.7 Å². The van der Waals surface area contributed by atoms with Crippen molar-refractivity contribution in [3.63, 3.8) is 0 Å². The first kappa shape index (κ1) is 28.2. The van der Waals surface area contributed by atoms with E-state index in [0.29, 0.717) is 23.1 Å². The average Bonchev–Trinajstić information content (AvgIpc) is 2.92. The summed E-state index contributed by atoms with van der Waals surface area (Å²) in [5.41, 5.74) is 7.82. The summed E-state index contributed by atoms with van der Waals surface area (Å²) in [7, 11) is 1.58. The SMILES string of the molecule is COc1cc(OC(=O)c2ccccc2Cl)ccc1-c1ccc2c(c1CNc1cc(F)ccc1C)C(C)=CC(C)(C)N2. The van der Waals surface area contributed by atoms with Crippen LogP contribution in [0, 0.1) is 12.7 Å². The molecule has 0 unspecified atom stereocenters. The monoisotopic (exact) mass is 570 g/mol. The molecular weight excluding hydrogens is 539 g/mol. The number of nitrogens with one attached hydrogen (secondary N) is 2. The molecule has 41 heavy (non-hydrogen) atoms. The Bertz CT molecular complexity index is 1680. The van der Waals surface area contributed by atoms with Crippen LogP contribution < -0.4 is 20.1 Å². The summed E-state index contributed by atoms with van der Waals surface area (Å²) in [4.78, 5) is 12.8.